The van der Waals surface area contributed by atoms with Crippen LogP contribution in [0, 0.1) is 12.8 Å². The van der Waals surface area contributed by atoms with Crippen molar-refractivity contribution in [3.63, 3.8) is 0 Å². The summed E-state index contributed by atoms with van der Waals surface area (Å²) in [6, 6.07) is 4.13. The molecule has 1 atom stereocenters. The van der Waals surface area contributed by atoms with Crippen molar-refractivity contribution < 1.29 is 4.52 Å². The summed E-state index contributed by atoms with van der Waals surface area (Å²) in [7, 11) is 0. The molecule has 0 bridgehead atoms. The zero-order chi connectivity index (χ0) is 15.6. The van der Waals surface area contributed by atoms with Gasteiger partial charge < -0.3 is 9.84 Å². The van der Waals surface area contributed by atoms with Crippen LogP contribution in [0.4, 0.5) is 5.82 Å². The third kappa shape index (κ3) is 3.69. The standard InChI is InChI=1S/C17H23N5O/c1-12-2-5-15(18-8-12)19-9-13-6-7-22(10-13)11-16-20-17(21-23-16)14-3-4-14/h2,5,8,13-14H,3-4,6-7,9-11H2,1H3,(H,18,19). The molecule has 1 unspecified atom stereocenters. The van der Waals surface area contributed by atoms with Crippen molar-refractivity contribution >= 4 is 5.82 Å². The van der Waals surface area contributed by atoms with E-state index in [0.29, 0.717) is 11.8 Å². The topological polar surface area (TPSA) is 67.1 Å². The molecule has 0 amide bonds. The van der Waals surface area contributed by atoms with E-state index in [1.165, 1.54) is 24.8 Å². The molecule has 0 aromatic carbocycles. The monoisotopic (exact) mass is 313 g/mol. The third-order valence-corrected chi connectivity index (χ3v) is 4.64. The molecule has 1 saturated carbocycles. The molecule has 1 N–H and O–H groups in total. The number of anilines is 1. The molecule has 122 valence electrons. The Balaban J connectivity index is 1.24. The van der Waals surface area contributed by atoms with Crippen molar-refractivity contribution in [1.82, 2.24) is 20.0 Å². The first kappa shape index (κ1) is 14.6. The smallest absolute Gasteiger partial charge is 0.240 e. The zero-order valence-corrected chi connectivity index (χ0v) is 13.5. The number of hydrogen-bond acceptors (Lipinski definition) is 6. The van der Waals surface area contributed by atoms with E-state index in [1.807, 2.05) is 12.3 Å². The number of aromatic nitrogens is 3. The molecule has 2 aromatic heterocycles. The highest BCUT2D eigenvalue weighted by Crippen LogP contribution is 2.38. The maximum atomic E-state index is 5.38. The second-order valence-corrected chi connectivity index (χ2v) is 6.81. The summed E-state index contributed by atoms with van der Waals surface area (Å²) in [4.78, 5) is 11.3. The zero-order valence-electron chi connectivity index (χ0n) is 13.5. The van der Waals surface area contributed by atoms with Crippen molar-refractivity contribution in [3.8, 4) is 0 Å². The SMILES string of the molecule is Cc1ccc(NCC2CCN(Cc3nc(C4CC4)no3)C2)nc1. The van der Waals surface area contributed by atoms with Crippen LogP contribution < -0.4 is 5.32 Å². The average molecular weight is 313 g/mol. The van der Waals surface area contributed by atoms with Crippen molar-refractivity contribution in [3.05, 3.63) is 35.6 Å². The van der Waals surface area contributed by atoms with E-state index >= 15 is 0 Å². The normalized spacial score (nSPS) is 21.7. The molecule has 4 rings (SSSR count). The fraction of sp³-hybridized carbons (Fsp3) is 0.588. The maximum Gasteiger partial charge on any atom is 0.240 e. The van der Waals surface area contributed by atoms with Gasteiger partial charge in [-0.25, -0.2) is 4.98 Å². The lowest BCUT2D eigenvalue weighted by Gasteiger charge is -2.14. The van der Waals surface area contributed by atoms with Crippen LogP contribution in [-0.2, 0) is 6.54 Å². The second kappa shape index (κ2) is 6.28. The first-order chi connectivity index (χ1) is 11.3. The van der Waals surface area contributed by atoms with Crippen LogP contribution in [-0.4, -0.2) is 39.7 Å². The molecule has 1 saturated heterocycles. The summed E-state index contributed by atoms with van der Waals surface area (Å²) in [5.74, 6) is 3.83. The fourth-order valence-corrected chi connectivity index (χ4v) is 3.08. The maximum absolute atomic E-state index is 5.38. The Morgan fingerprint density at radius 1 is 1.30 bits per heavy atom. The Hall–Kier alpha value is -1.95. The Morgan fingerprint density at radius 2 is 2.22 bits per heavy atom. The second-order valence-electron chi connectivity index (χ2n) is 6.81. The molecule has 6 heteroatoms. The summed E-state index contributed by atoms with van der Waals surface area (Å²) >= 11 is 0. The molecule has 0 spiro atoms. The first-order valence-electron chi connectivity index (χ1n) is 8.47. The van der Waals surface area contributed by atoms with E-state index in [9.17, 15) is 0 Å². The van der Waals surface area contributed by atoms with Crippen molar-refractivity contribution in [1.29, 1.82) is 0 Å². The van der Waals surface area contributed by atoms with Gasteiger partial charge in [0.25, 0.3) is 0 Å². The Bertz CT molecular complexity index is 649. The molecule has 2 fully saturated rings. The number of pyridine rings is 1. The van der Waals surface area contributed by atoms with Gasteiger partial charge in [-0.05, 0) is 50.3 Å². The van der Waals surface area contributed by atoms with Gasteiger partial charge in [-0.2, -0.15) is 4.98 Å². The minimum Gasteiger partial charge on any atom is -0.370 e. The van der Waals surface area contributed by atoms with E-state index < -0.39 is 0 Å². The van der Waals surface area contributed by atoms with Gasteiger partial charge in [0, 0.05) is 25.2 Å². The van der Waals surface area contributed by atoms with Crippen molar-refractivity contribution in [2.24, 2.45) is 5.92 Å². The minimum absolute atomic E-state index is 0.560. The lowest BCUT2D eigenvalue weighted by molar-refractivity contribution is 0.261. The van der Waals surface area contributed by atoms with Crippen LogP contribution in [0.2, 0.25) is 0 Å². The number of aryl methyl sites for hydroxylation is 1. The predicted molar refractivity (Wildman–Crippen MR) is 87.1 cm³/mol. The van der Waals surface area contributed by atoms with Crippen molar-refractivity contribution in [2.75, 3.05) is 25.0 Å². The molecule has 2 aliphatic rings. The summed E-state index contributed by atoms with van der Waals surface area (Å²) in [5.41, 5.74) is 1.19. The lowest BCUT2D eigenvalue weighted by Crippen LogP contribution is -2.23. The van der Waals surface area contributed by atoms with Crippen molar-refractivity contribution in [2.45, 2.75) is 38.6 Å². The van der Waals surface area contributed by atoms with E-state index in [0.717, 1.165) is 43.7 Å². The predicted octanol–water partition coefficient (Wildman–Crippen LogP) is 2.58. The highest BCUT2D eigenvalue weighted by Gasteiger charge is 2.30. The molecular weight excluding hydrogens is 290 g/mol. The number of hydrogen-bond donors (Lipinski definition) is 1. The third-order valence-electron chi connectivity index (χ3n) is 4.64. The molecule has 3 heterocycles. The molecule has 23 heavy (non-hydrogen) atoms. The van der Waals surface area contributed by atoms with Crippen LogP contribution in [0.5, 0.6) is 0 Å². The van der Waals surface area contributed by atoms with Crippen LogP contribution in [0.15, 0.2) is 22.9 Å². The Morgan fingerprint density at radius 3 is 3.00 bits per heavy atom. The summed E-state index contributed by atoms with van der Waals surface area (Å²) in [6.07, 6.45) is 5.52. The van der Waals surface area contributed by atoms with E-state index in [2.05, 4.69) is 38.3 Å². The van der Waals surface area contributed by atoms with Crippen LogP contribution >= 0.6 is 0 Å². The molecule has 6 nitrogen and oxygen atoms in total. The molecule has 2 aromatic rings. The van der Waals surface area contributed by atoms with Gasteiger partial charge in [0.2, 0.25) is 5.89 Å². The quantitative estimate of drug-likeness (QED) is 0.884. The Labute approximate surface area is 136 Å². The van der Waals surface area contributed by atoms with Crippen LogP contribution in [0.3, 0.4) is 0 Å². The highest BCUT2D eigenvalue weighted by molar-refractivity contribution is 5.35. The van der Waals surface area contributed by atoms with Gasteiger partial charge in [0.1, 0.15) is 5.82 Å². The minimum atomic E-state index is 0.560. The van der Waals surface area contributed by atoms with Gasteiger partial charge in [-0.15, -0.1) is 0 Å². The summed E-state index contributed by atoms with van der Waals surface area (Å²) in [5, 5.41) is 7.53. The summed E-state index contributed by atoms with van der Waals surface area (Å²) in [6.45, 7) is 5.95. The van der Waals surface area contributed by atoms with Gasteiger partial charge in [0.05, 0.1) is 6.54 Å². The van der Waals surface area contributed by atoms with E-state index in [-0.39, 0.29) is 0 Å². The number of likely N-dealkylation sites (tertiary alicyclic amines) is 1. The number of rotatable bonds is 6. The molecule has 0 radical (unpaired) electrons. The van der Waals surface area contributed by atoms with Gasteiger partial charge >= 0.3 is 0 Å². The van der Waals surface area contributed by atoms with E-state index in [1.54, 1.807) is 0 Å². The van der Waals surface area contributed by atoms with Crippen LogP contribution in [0.25, 0.3) is 0 Å². The fourth-order valence-electron chi connectivity index (χ4n) is 3.08. The van der Waals surface area contributed by atoms with Gasteiger partial charge in [-0.1, -0.05) is 11.2 Å². The Kier molecular flexibility index (Phi) is 3.99. The van der Waals surface area contributed by atoms with E-state index in [4.69, 9.17) is 4.52 Å². The number of nitrogens with zero attached hydrogens (tertiary/aromatic N) is 4. The molecule has 1 aliphatic carbocycles. The van der Waals surface area contributed by atoms with Crippen LogP contribution in [0.1, 0.15) is 42.5 Å². The highest BCUT2D eigenvalue weighted by atomic mass is 16.5. The molecular formula is C17H23N5O. The first-order valence-corrected chi connectivity index (χ1v) is 8.47. The largest absolute Gasteiger partial charge is 0.370 e. The average Bonchev–Trinajstić information content (AvgIpc) is 3.14. The lowest BCUT2D eigenvalue weighted by atomic mass is 10.1. The molecule has 1 aliphatic heterocycles. The summed E-state index contributed by atoms with van der Waals surface area (Å²) < 4.78 is 5.38. The van der Waals surface area contributed by atoms with Gasteiger partial charge in [0.15, 0.2) is 5.82 Å². The van der Waals surface area contributed by atoms with Gasteiger partial charge in [-0.3, -0.25) is 4.90 Å². The number of nitrogens with one attached hydrogen (secondary N) is 1.